The molecule has 0 bridgehead atoms. The average Bonchev–Trinajstić information content (AvgIpc) is 2.61. The average molecular weight is 380 g/mol. The van der Waals surface area contributed by atoms with Crippen molar-refractivity contribution in [3.05, 3.63) is 29.8 Å². The third kappa shape index (κ3) is 7.74. The number of amides is 3. The van der Waals surface area contributed by atoms with Crippen LogP contribution < -0.4 is 21.7 Å². The van der Waals surface area contributed by atoms with Crippen molar-refractivity contribution in [1.82, 2.24) is 16.0 Å². The van der Waals surface area contributed by atoms with Gasteiger partial charge in [-0.25, -0.2) is 0 Å². The van der Waals surface area contributed by atoms with Gasteiger partial charge in [-0.1, -0.05) is 12.1 Å². The summed E-state index contributed by atoms with van der Waals surface area (Å²) in [7, 11) is 0. The summed E-state index contributed by atoms with van der Waals surface area (Å²) in [5.41, 5.74) is 6.57. The van der Waals surface area contributed by atoms with Crippen LogP contribution in [0.4, 0.5) is 0 Å². The Balaban J connectivity index is 2.48. The quantitative estimate of drug-likeness (QED) is 0.302. The predicted octanol–water partition coefficient (Wildman–Crippen LogP) is -1.53. The second-order valence-corrected chi connectivity index (χ2v) is 6.05. The Hall–Kier alpha value is -3.14. The summed E-state index contributed by atoms with van der Waals surface area (Å²) >= 11 is 0. The molecule has 7 N–H and O–H groups in total. The van der Waals surface area contributed by atoms with Crippen molar-refractivity contribution in [2.45, 2.75) is 38.4 Å². The van der Waals surface area contributed by atoms with E-state index in [-0.39, 0.29) is 12.2 Å². The molecule has 1 aromatic rings. The molecule has 27 heavy (non-hydrogen) atoms. The lowest BCUT2D eigenvalue weighted by Gasteiger charge is -2.20. The van der Waals surface area contributed by atoms with E-state index in [2.05, 4.69) is 16.0 Å². The molecule has 0 saturated heterocycles. The van der Waals surface area contributed by atoms with Crippen LogP contribution in [0.5, 0.6) is 5.75 Å². The van der Waals surface area contributed by atoms with Crippen LogP contribution in [0.15, 0.2) is 24.3 Å². The summed E-state index contributed by atoms with van der Waals surface area (Å²) in [6, 6.07) is 3.41. The van der Waals surface area contributed by atoms with Gasteiger partial charge in [0.25, 0.3) is 0 Å². The normalized spacial score (nSPS) is 13.7. The molecule has 0 fully saturated rings. The second kappa shape index (κ2) is 10.1. The first-order chi connectivity index (χ1) is 12.6. The van der Waals surface area contributed by atoms with Crippen molar-refractivity contribution in [2.24, 2.45) is 5.73 Å². The fourth-order valence-electron chi connectivity index (χ4n) is 2.08. The van der Waals surface area contributed by atoms with Crippen molar-refractivity contribution in [3.8, 4) is 5.75 Å². The number of rotatable bonds is 9. The molecule has 0 unspecified atom stereocenters. The van der Waals surface area contributed by atoms with Gasteiger partial charge >= 0.3 is 5.97 Å². The summed E-state index contributed by atoms with van der Waals surface area (Å²) in [6.07, 6.45) is 0.217. The molecule has 0 aliphatic carbocycles. The van der Waals surface area contributed by atoms with Gasteiger partial charge in [-0.05, 0) is 38.0 Å². The van der Waals surface area contributed by atoms with Crippen LogP contribution in [0.1, 0.15) is 19.4 Å². The smallest absolute Gasteiger partial charge is 0.322 e. The Morgan fingerprint density at radius 3 is 2.04 bits per heavy atom. The second-order valence-electron chi connectivity index (χ2n) is 6.05. The van der Waals surface area contributed by atoms with E-state index < -0.39 is 48.4 Å². The zero-order chi connectivity index (χ0) is 20.6. The van der Waals surface area contributed by atoms with Crippen LogP contribution >= 0.6 is 0 Å². The number of nitrogens with one attached hydrogen (secondary N) is 3. The molecule has 0 heterocycles. The van der Waals surface area contributed by atoms with Crippen molar-refractivity contribution in [1.29, 1.82) is 0 Å². The lowest BCUT2D eigenvalue weighted by Crippen LogP contribution is -2.54. The highest BCUT2D eigenvalue weighted by atomic mass is 16.4. The maximum Gasteiger partial charge on any atom is 0.322 e. The number of aliphatic carboxylic acids is 1. The molecule has 10 nitrogen and oxygen atoms in total. The lowest BCUT2D eigenvalue weighted by atomic mass is 10.1. The van der Waals surface area contributed by atoms with Gasteiger partial charge < -0.3 is 31.9 Å². The van der Waals surface area contributed by atoms with Crippen LogP contribution in [-0.4, -0.2) is 58.6 Å². The van der Waals surface area contributed by atoms with Crippen LogP contribution in [0.3, 0.4) is 0 Å². The number of carboxylic acids is 1. The van der Waals surface area contributed by atoms with Gasteiger partial charge in [-0.2, -0.15) is 0 Å². The minimum absolute atomic E-state index is 0.101. The van der Waals surface area contributed by atoms with Crippen molar-refractivity contribution < 1.29 is 29.4 Å². The SMILES string of the molecule is C[C@H](NC(=O)[C@H](C)NC(=O)[C@@H](N)Cc1ccc(O)cc1)C(=O)NCC(=O)O. The Bertz CT molecular complexity index is 691. The predicted molar refractivity (Wildman–Crippen MR) is 95.6 cm³/mol. The lowest BCUT2D eigenvalue weighted by molar-refractivity contribution is -0.138. The molecule has 0 radical (unpaired) electrons. The third-order valence-corrected chi connectivity index (χ3v) is 3.65. The fourth-order valence-corrected chi connectivity index (χ4v) is 2.08. The molecule has 0 aliphatic rings. The van der Waals surface area contributed by atoms with E-state index in [1.165, 1.54) is 26.0 Å². The number of carbonyl (C=O) groups excluding carboxylic acids is 3. The minimum atomic E-state index is -1.20. The first-order valence-corrected chi connectivity index (χ1v) is 8.24. The number of benzene rings is 1. The molecular weight excluding hydrogens is 356 g/mol. The van der Waals surface area contributed by atoms with Crippen molar-refractivity contribution in [2.75, 3.05) is 6.54 Å². The third-order valence-electron chi connectivity index (χ3n) is 3.65. The van der Waals surface area contributed by atoms with Gasteiger partial charge in [0.2, 0.25) is 17.7 Å². The van der Waals surface area contributed by atoms with Gasteiger partial charge in [-0.3, -0.25) is 19.2 Å². The van der Waals surface area contributed by atoms with Gasteiger partial charge in [0.05, 0.1) is 6.04 Å². The van der Waals surface area contributed by atoms with Crippen LogP contribution in [0, 0.1) is 0 Å². The first kappa shape index (κ1) is 21.9. The van der Waals surface area contributed by atoms with E-state index in [9.17, 15) is 24.3 Å². The molecule has 0 aromatic heterocycles. The van der Waals surface area contributed by atoms with Gasteiger partial charge in [0.1, 0.15) is 24.4 Å². The van der Waals surface area contributed by atoms with E-state index in [0.29, 0.717) is 0 Å². The van der Waals surface area contributed by atoms with E-state index in [4.69, 9.17) is 10.8 Å². The van der Waals surface area contributed by atoms with E-state index in [1.807, 2.05) is 0 Å². The topological polar surface area (TPSA) is 171 Å². The van der Waals surface area contributed by atoms with Crippen LogP contribution in [0.25, 0.3) is 0 Å². The zero-order valence-corrected chi connectivity index (χ0v) is 15.1. The van der Waals surface area contributed by atoms with Crippen LogP contribution in [-0.2, 0) is 25.6 Å². The summed E-state index contributed by atoms with van der Waals surface area (Å²) in [5.74, 6) is -2.92. The first-order valence-electron chi connectivity index (χ1n) is 8.24. The highest BCUT2D eigenvalue weighted by Crippen LogP contribution is 2.10. The summed E-state index contributed by atoms with van der Waals surface area (Å²) < 4.78 is 0. The molecule has 1 aromatic carbocycles. The van der Waals surface area contributed by atoms with E-state index >= 15 is 0 Å². The number of nitrogens with two attached hydrogens (primary N) is 1. The Morgan fingerprint density at radius 1 is 0.963 bits per heavy atom. The Labute approximate surface area is 156 Å². The van der Waals surface area contributed by atoms with Crippen LogP contribution in [0.2, 0.25) is 0 Å². The number of phenols is 1. The number of carbonyl (C=O) groups is 4. The monoisotopic (exact) mass is 380 g/mol. The molecule has 3 atom stereocenters. The van der Waals surface area contributed by atoms with Gasteiger partial charge in [0.15, 0.2) is 0 Å². The maximum absolute atomic E-state index is 12.1. The molecule has 3 amide bonds. The van der Waals surface area contributed by atoms with Crippen molar-refractivity contribution >= 4 is 23.7 Å². The molecular formula is C17H24N4O6. The Morgan fingerprint density at radius 2 is 1.48 bits per heavy atom. The molecule has 0 saturated carbocycles. The van der Waals surface area contributed by atoms with Gasteiger partial charge in [0, 0.05) is 0 Å². The molecule has 1 rings (SSSR count). The number of carboxylic acid groups (broad SMARTS) is 1. The molecule has 0 spiro atoms. The fraction of sp³-hybridized carbons (Fsp3) is 0.412. The number of phenolic OH excluding ortho intramolecular Hbond substituents is 1. The standard InChI is InChI=1S/C17H24N4O6/c1-9(15(25)19-8-14(23)24)20-16(26)10(2)21-17(27)13(18)7-11-3-5-12(22)6-4-11/h3-6,9-10,13,22H,7-8,18H2,1-2H3,(H,19,25)(H,20,26)(H,21,27)(H,23,24)/t9-,10-,13-/m0/s1. The number of aromatic hydroxyl groups is 1. The molecule has 148 valence electrons. The largest absolute Gasteiger partial charge is 0.508 e. The number of hydrogen-bond donors (Lipinski definition) is 6. The number of hydrogen-bond acceptors (Lipinski definition) is 6. The maximum atomic E-state index is 12.1. The highest BCUT2D eigenvalue weighted by Gasteiger charge is 2.23. The summed E-state index contributed by atoms with van der Waals surface area (Å²) in [5, 5.41) is 24.7. The minimum Gasteiger partial charge on any atom is -0.508 e. The summed E-state index contributed by atoms with van der Waals surface area (Å²) in [6.45, 7) is 2.26. The molecule has 0 aliphatic heterocycles. The summed E-state index contributed by atoms with van der Waals surface area (Å²) in [4.78, 5) is 46.2. The highest BCUT2D eigenvalue weighted by molar-refractivity contribution is 5.93. The zero-order valence-electron chi connectivity index (χ0n) is 15.1. The van der Waals surface area contributed by atoms with Crippen molar-refractivity contribution in [3.63, 3.8) is 0 Å². The van der Waals surface area contributed by atoms with E-state index in [0.717, 1.165) is 5.56 Å². The molecule has 10 heteroatoms. The van der Waals surface area contributed by atoms with Gasteiger partial charge in [-0.15, -0.1) is 0 Å². The van der Waals surface area contributed by atoms with E-state index in [1.54, 1.807) is 12.1 Å². The Kier molecular flexibility index (Phi) is 8.21.